The predicted octanol–water partition coefficient (Wildman–Crippen LogP) is 4.36. The summed E-state index contributed by atoms with van der Waals surface area (Å²) >= 11 is 0. The summed E-state index contributed by atoms with van der Waals surface area (Å²) < 4.78 is 40.0. The average molecular weight is 442 g/mol. The van der Waals surface area contributed by atoms with Gasteiger partial charge in [-0.25, -0.2) is 8.42 Å². The van der Waals surface area contributed by atoms with Gasteiger partial charge in [0.2, 0.25) is 0 Å². The van der Waals surface area contributed by atoms with Crippen molar-refractivity contribution in [3.05, 3.63) is 59.3 Å². The van der Waals surface area contributed by atoms with Gasteiger partial charge in [-0.15, -0.1) is 0 Å². The van der Waals surface area contributed by atoms with Crippen LogP contribution in [0.2, 0.25) is 0 Å². The number of anilines is 1. The fraction of sp³-hybridized carbons (Fsp3) is 0.348. The Morgan fingerprint density at radius 1 is 1.13 bits per heavy atom. The maximum atomic E-state index is 13.3. The Balaban J connectivity index is 1.63. The number of aryl methyl sites for hydroxylation is 1. The zero-order valence-electron chi connectivity index (χ0n) is 18.0. The first kappa shape index (κ1) is 21.4. The average Bonchev–Trinajstić information content (AvgIpc) is 3.37. The minimum Gasteiger partial charge on any atom is -0.495 e. The lowest BCUT2D eigenvalue weighted by atomic mass is 10.1. The van der Waals surface area contributed by atoms with Crippen LogP contribution in [0, 0.1) is 13.8 Å². The van der Waals surface area contributed by atoms with Crippen LogP contribution in [-0.2, 0) is 16.6 Å². The number of nitrogens with zero attached hydrogens (tertiary/aromatic N) is 2. The first-order chi connectivity index (χ1) is 14.9. The summed E-state index contributed by atoms with van der Waals surface area (Å²) in [6, 6.07) is 12.5. The summed E-state index contributed by atoms with van der Waals surface area (Å²) in [6.07, 6.45) is 2.43. The lowest BCUT2D eigenvalue weighted by Gasteiger charge is -2.16. The van der Waals surface area contributed by atoms with Gasteiger partial charge < -0.3 is 9.26 Å². The van der Waals surface area contributed by atoms with E-state index in [1.165, 1.54) is 20.0 Å². The molecule has 8 heteroatoms. The van der Waals surface area contributed by atoms with Crippen molar-refractivity contribution < 1.29 is 17.7 Å². The summed E-state index contributed by atoms with van der Waals surface area (Å²) in [4.78, 5) is 2.42. The van der Waals surface area contributed by atoms with Gasteiger partial charge in [-0.05, 0) is 75.7 Å². The molecule has 2 aromatic carbocycles. The molecule has 0 aliphatic carbocycles. The Morgan fingerprint density at radius 2 is 1.90 bits per heavy atom. The van der Waals surface area contributed by atoms with E-state index in [0.717, 1.165) is 36.5 Å². The highest BCUT2D eigenvalue weighted by Crippen LogP contribution is 2.33. The van der Waals surface area contributed by atoms with Gasteiger partial charge in [0.15, 0.2) is 5.76 Å². The van der Waals surface area contributed by atoms with Crippen LogP contribution in [0.15, 0.2) is 51.9 Å². The molecule has 0 saturated carbocycles. The van der Waals surface area contributed by atoms with E-state index >= 15 is 0 Å². The van der Waals surface area contributed by atoms with E-state index in [9.17, 15) is 8.42 Å². The second kappa shape index (κ2) is 8.72. The molecule has 164 valence electrons. The largest absolute Gasteiger partial charge is 0.495 e. The van der Waals surface area contributed by atoms with Crippen LogP contribution in [0.4, 0.5) is 5.69 Å². The second-order valence-electron chi connectivity index (χ2n) is 7.88. The molecule has 1 aromatic heterocycles. The van der Waals surface area contributed by atoms with Gasteiger partial charge in [0.25, 0.3) is 10.0 Å². The molecule has 2 heterocycles. The van der Waals surface area contributed by atoms with Crippen molar-refractivity contribution in [1.29, 1.82) is 0 Å². The van der Waals surface area contributed by atoms with Crippen LogP contribution in [0.5, 0.6) is 5.75 Å². The SMILES string of the molecule is COc1ccc(-c2onc(C)c2C)cc1S(=O)(=O)Nc1cccc(CN2CCCC2)c1. The number of benzene rings is 2. The van der Waals surface area contributed by atoms with E-state index in [2.05, 4.69) is 14.8 Å². The van der Waals surface area contributed by atoms with E-state index in [0.29, 0.717) is 17.0 Å². The summed E-state index contributed by atoms with van der Waals surface area (Å²) in [7, 11) is -2.43. The summed E-state index contributed by atoms with van der Waals surface area (Å²) in [5.41, 5.74) is 3.87. The molecule has 31 heavy (non-hydrogen) atoms. The molecule has 1 N–H and O–H groups in total. The molecule has 3 aromatic rings. The third kappa shape index (κ3) is 4.60. The molecule has 0 spiro atoms. The van der Waals surface area contributed by atoms with E-state index in [4.69, 9.17) is 9.26 Å². The van der Waals surface area contributed by atoms with Crippen LogP contribution >= 0.6 is 0 Å². The highest BCUT2D eigenvalue weighted by atomic mass is 32.2. The van der Waals surface area contributed by atoms with Gasteiger partial charge >= 0.3 is 0 Å². The third-order valence-electron chi connectivity index (χ3n) is 5.66. The van der Waals surface area contributed by atoms with Crippen molar-refractivity contribution in [3.63, 3.8) is 0 Å². The van der Waals surface area contributed by atoms with Crippen LogP contribution < -0.4 is 9.46 Å². The maximum absolute atomic E-state index is 13.3. The minimum absolute atomic E-state index is 0.0471. The maximum Gasteiger partial charge on any atom is 0.265 e. The van der Waals surface area contributed by atoms with Gasteiger partial charge in [-0.2, -0.15) is 0 Å². The molecule has 0 bridgehead atoms. The lowest BCUT2D eigenvalue weighted by molar-refractivity contribution is 0.331. The number of nitrogens with one attached hydrogen (secondary N) is 1. The Morgan fingerprint density at radius 3 is 2.58 bits per heavy atom. The molecule has 0 atom stereocenters. The van der Waals surface area contributed by atoms with Crippen molar-refractivity contribution in [2.75, 3.05) is 24.9 Å². The summed E-state index contributed by atoms with van der Waals surface area (Å²) in [6.45, 7) is 6.73. The smallest absolute Gasteiger partial charge is 0.265 e. The van der Waals surface area contributed by atoms with Gasteiger partial charge in [0.1, 0.15) is 10.6 Å². The zero-order chi connectivity index (χ0) is 22.0. The van der Waals surface area contributed by atoms with Crippen LogP contribution in [0.3, 0.4) is 0 Å². The van der Waals surface area contributed by atoms with Gasteiger partial charge in [0, 0.05) is 23.4 Å². The molecule has 1 fully saturated rings. The Bertz CT molecular complexity index is 1180. The highest BCUT2D eigenvalue weighted by molar-refractivity contribution is 7.92. The molecule has 0 unspecified atom stereocenters. The minimum atomic E-state index is -3.89. The summed E-state index contributed by atoms with van der Waals surface area (Å²) in [5.74, 6) is 0.808. The molecular formula is C23H27N3O4S. The van der Waals surface area contributed by atoms with Crippen molar-refractivity contribution in [2.24, 2.45) is 0 Å². The van der Waals surface area contributed by atoms with Gasteiger partial charge in [0.05, 0.1) is 12.8 Å². The predicted molar refractivity (Wildman–Crippen MR) is 120 cm³/mol. The standard InChI is InChI=1S/C23H27N3O4S/c1-16-17(2)24-30-23(16)19-9-10-21(29-3)22(14-19)31(27,28)25-20-8-6-7-18(13-20)15-26-11-4-5-12-26/h6-10,13-14,25H,4-5,11-12,15H2,1-3H3. The number of hydrogen-bond donors (Lipinski definition) is 1. The number of likely N-dealkylation sites (tertiary alicyclic amines) is 1. The van der Waals surface area contributed by atoms with Gasteiger partial charge in [-0.3, -0.25) is 9.62 Å². The first-order valence-electron chi connectivity index (χ1n) is 10.3. The van der Waals surface area contributed by atoms with Crippen molar-refractivity contribution in [1.82, 2.24) is 10.1 Å². The number of hydrogen-bond acceptors (Lipinski definition) is 6. The lowest BCUT2D eigenvalue weighted by Crippen LogP contribution is -2.18. The normalized spacial score (nSPS) is 14.7. The quantitative estimate of drug-likeness (QED) is 0.586. The zero-order valence-corrected chi connectivity index (χ0v) is 18.8. The molecule has 0 radical (unpaired) electrons. The third-order valence-corrected chi connectivity index (χ3v) is 7.06. The number of sulfonamides is 1. The fourth-order valence-corrected chi connectivity index (χ4v) is 5.10. The number of rotatable bonds is 7. The Kier molecular flexibility index (Phi) is 6.02. The van der Waals surface area contributed by atoms with E-state index in [1.54, 1.807) is 24.3 Å². The number of methoxy groups -OCH3 is 1. The topological polar surface area (TPSA) is 84.7 Å². The monoisotopic (exact) mass is 441 g/mol. The highest BCUT2D eigenvalue weighted by Gasteiger charge is 2.23. The Labute approximate surface area is 183 Å². The Hall–Kier alpha value is -2.84. The molecule has 7 nitrogen and oxygen atoms in total. The molecular weight excluding hydrogens is 414 g/mol. The van der Waals surface area contributed by atoms with Crippen molar-refractivity contribution in [3.8, 4) is 17.1 Å². The molecule has 4 rings (SSSR count). The first-order valence-corrected chi connectivity index (χ1v) is 11.8. The van der Waals surface area contributed by atoms with E-state index in [-0.39, 0.29) is 10.6 Å². The number of aromatic nitrogens is 1. The van der Waals surface area contributed by atoms with E-state index in [1.807, 2.05) is 32.0 Å². The van der Waals surface area contributed by atoms with Crippen LogP contribution in [-0.4, -0.2) is 38.7 Å². The molecule has 1 aliphatic heterocycles. The molecule has 0 amide bonds. The van der Waals surface area contributed by atoms with Crippen LogP contribution in [0.25, 0.3) is 11.3 Å². The second-order valence-corrected chi connectivity index (χ2v) is 9.53. The van der Waals surface area contributed by atoms with Crippen molar-refractivity contribution in [2.45, 2.75) is 38.1 Å². The molecule has 1 aliphatic rings. The van der Waals surface area contributed by atoms with Crippen LogP contribution in [0.1, 0.15) is 29.7 Å². The fourth-order valence-electron chi connectivity index (χ4n) is 3.85. The number of ether oxygens (including phenoxy) is 1. The van der Waals surface area contributed by atoms with Crippen molar-refractivity contribution >= 4 is 15.7 Å². The van der Waals surface area contributed by atoms with Gasteiger partial charge in [-0.1, -0.05) is 17.3 Å². The molecule has 1 saturated heterocycles. The summed E-state index contributed by atoms with van der Waals surface area (Å²) in [5, 5.41) is 3.97. The van der Waals surface area contributed by atoms with E-state index < -0.39 is 10.0 Å².